The first-order valence-electron chi connectivity index (χ1n) is 20.3. The van der Waals surface area contributed by atoms with E-state index in [1.165, 1.54) is 4.90 Å². The van der Waals surface area contributed by atoms with Crippen LogP contribution in [0.5, 0.6) is 0 Å². The first kappa shape index (κ1) is 56.8. The summed E-state index contributed by atoms with van der Waals surface area (Å²) in [5.74, 6) is 3.38. The molecule has 0 aliphatic heterocycles. The predicted octanol–water partition coefficient (Wildman–Crippen LogP) is -7.83. The second kappa shape index (κ2) is 21.1. The summed E-state index contributed by atoms with van der Waals surface area (Å²) in [6, 6.07) is 1.56. The molecule has 70 heavy (non-hydrogen) atoms. The molecule has 5 rings (SSSR count). The molecule has 0 heterocycles. The van der Waals surface area contributed by atoms with Crippen LogP contribution in [0.25, 0.3) is 11.1 Å². The van der Waals surface area contributed by atoms with E-state index in [1.54, 1.807) is 6.07 Å². The normalized spacial score (nSPS) is 19.8. The summed E-state index contributed by atoms with van der Waals surface area (Å²) in [6.45, 7) is 6.72. The molecule has 2 unspecified atom stereocenters. The van der Waals surface area contributed by atoms with Crippen molar-refractivity contribution in [2.24, 2.45) is 5.92 Å². The molecule has 0 saturated heterocycles. The van der Waals surface area contributed by atoms with Crippen molar-refractivity contribution < 1.29 is 0 Å². The number of nitrogens with zero attached hydrogens (tertiary/aromatic N) is 1. The van der Waals surface area contributed by atoms with Crippen LogP contribution < -0.4 is 43.1 Å². The Morgan fingerprint density at radius 3 is 1.56 bits per heavy atom. The first-order chi connectivity index (χ1) is 32.4. The van der Waals surface area contributed by atoms with Gasteiger partial charge in [-0.15, -0.1) is 97.1 Å². The molecule has 26 heteroatoms. The molecule has 0 aromatic heterocycles. The highest BCUT2D eigenvalue weighted by molar-refractivity contribution is 6.68. The quantitative estimate of drug-likeness (QED) is 0.124. The lowest BCUT2D eigenvalue weighted by molar-refractivity contribution is 0.575. The Morgan fingerprint density at radius 2 is 1.09 bits per heavy atom. The van der Waals surface area contributed by atoms with Crippen molar-refractivity contribution in [1.82, 2.24) is 0 Å². The van der Waals surface area contributed by atoms with E-state index < -0.39 is 24.4 Å². The molecule has 1 spiro atoms. The Bertz CT molecular complexity index is 3170. The van der Waals surface area contributed by atoms with Gasteiger partial charge in [-0.1, -0.05) is 61.1 Å². The van der Waals surface area contributed by atoms with Gasteiger partial charge in [0.25, 0.3) is 0 Å². The van der Waals surface area contributed by atoms with Crippen molar-refractivity contribution in [1.29, 1.82) is 0 Å². The maximum atomic E-state index is 7.41. The molecule has 50 radical (unpaired) electrons. The SMILES string of the molecule is [B]C(=C)/C([B])=C(/[B])C1=C([B])C2(C(=C([B])[B])/C1=C(/[B])C([B])=C)c1cc(N(C/C([B])=C([B])\C([B])=C(\[B])C#C)C/C([B])=C([B])\C(=C(\[B])C#C)c3c([B])c([B])c([B])c([B])c3[B])c([B])c([B])c1C1=C([B])C([B])=C([B])C12. The fraction of sp³-hybridized carbons (Fsp3) is 0.0909. The molecular weight excluding hydrogens is 813 g/mol. The number of terminal acetylenes is 2. The van der Waals surface area contributed by atoms with Crippen LogP contribution in [-0.2, 0) is 5.41 Å². The second-order valence-electron chi connectivity index (χ2n) is 16.5. The van der Waals surface area contributed by atoms with E-state index in [0.29, 0.717) is 0 Å². The Balaban J connectivity index is 2.03. The van der Waals surface area contributed by atoms with Crippen molar-refractivity contribution >= 4 is 251 Å². The highest BCUT2D eigenvalue weighted by Gasteiger charge is 2.60. The minimum absolute atomic E-state index is 0.00240. The van der Waals surface area contributed by atoms with E-state index in [4.69, 9.17) is 209 Å². The van der Waals surface area contributed by atoms with Crippen LogP contribution in [0.2, 0.25) is 0 Å². The van der Waals surface area contributed by atoms with Crippen LogP contribution in [0.4, 0.5) is 5.69 Å². The number of hydrogen-bond donors (Lipinski definition) is 0. The molecule has 0 saturated carbocycles. The van der Waals surface area contributed by atoms with Crippen molar-refractivity contribution in [3.63, 3.8) is 0 Å². The summed E-state index contributed by atoms with van der Waals surface area (Å²) in [7, 11) is 164. The van der Waals surface area contributed by atoms with Gasteiger partial charge in [0.05, 0.1) is 15.7 Å². The summed E-state index contributed by atoms with van der Waals surface area (Å²) in [6.07, 6.45) is 11.3. The lowest BCUT2D eigenvalue weighted by Gasteiger charge is -2.40. The molecular formula is C44H12B25N. The van der Waals surface area contributed by atoms with Gasteiger partial charge in [0, 0.05) is 30.1 Å². The fourth-order valence-electron chi connectivity index (χ4n) is 8.95. The summed E-state index contributed by atoms with van der Waals surface area (Å²) in [5.41, 5.74) is -4.96. The van der Waals surface area contributed by atoms with Crippen LogP contribution in [-0.4, -0.2) is 209 Å². The van der Waals surface area contributed by atoms with E-state index in [1.807, 2.05) is 0 Å². The van der Waals surface area contributed by atoms with Crippen molar-refractivity contribution in [3.05, 3.63) is 146 Å². The minimum Gasteiger partial charge on any atom is -0.366 e. The summed E-state index contributed by atoms with van der Waals surface area (Å²) < 4.78 is 0. The number of benzene rings is 2. The zero-order valence-electron chi connectivity index (χ0n) is 38.0. The maximum Gasteiger partial charge on any atom is 0.127 e. The highest BCUT2D eigenvalue weighted by Crippen LogP contribution is 2.68. The summed E-state index contributed by atoms with van der Waals surface area (Å²) in [4.78, 5) is 1.48. The van der Waals surface area contributed by atoms with Crippen molar-refractivity contribution in [2.75, 3.05) is 18.0 Å². The lowest BCUT2D eigenvalue weighted by atomic mass is 9.53. The average Bonchev–Trinajstić information content (AvgIpc) is 3.86. The zero-order chi connectivity index (χ0) is 53.2. The van der Waals surface area contributed by atoms with Crippen LogP contribution >= 0.6 is 0 Å². The van der Waals surface area contributed by atoms with Crippen LogP contribution in [0.15, 0.2) is 129 Å². The second-order valence-corrected chi connectivity index (χ2v) is 16.5. The van der Waals surface area contributed by atoms with Crippen LogP contribution in [0.1, 0.15) is 16.7 Å². The molecule has 2 aromatic carbocycles. The molecule has 268 valence electrons. The van der Waals surface area contributed by atoms with Crippen molar-refractivity contribution in [3.8, 4) is 24.7 Å². The van der Waals surface area contributed by atoms with E-state index in [0.717, 1.165) is 0 Å². The number of rotatable bonds is 11. The van der Waals surface area contributed by atoms with Gasteiger partial charge < -0.3 is 4.90 Å². The topological polar surface area (TPSA) is 3.24 Å². The van der Waals surface area contributed by atoms with Gasteiger partial charge in [-0.2, -0.15) is 5.37 Å². The van der Waals surface area contributed by atoms with Crippen molar-refractivity contribution in [2.45, 2.75) is 5.41 Å². The molecule has 3 aliphatic rings. The largest absolute Gasteiger partial charge is 0.366 e. The Labute approximate surface area is 447 Å². The van der Waals surface area contributed by atoms with Gasteiger partial charge >= 0.3 is 0 Å². The van der Waals surface area contributed by atoms with Crippen LogP contribution in [0.3, 0.4) is 0 Å². The van der Waals surface area contributed by atoms with E-state index in [2.05, 4.69) is 25.0 Å². The van der Waals surface area contributed by atoms with Crippen LogP contribution in [0, 0.1) is 30.6 Å². The van der Waals surface area contributed by atoms with Gasteiger partial charge in [-0.3, -0.25) is 0 Å². The number of allylic oxidation sites excluding steroid dienone is 19. The minimum atomic E-state index is -1.89. The molecule has 1 nitrogen and oxygen atoms in total. The predicted molar refractivity (Wildman–Crippen MR) is 318 cm³/mol. The van der Waals surface area contributed by atoms with Gasteiger partial charge in [0.15, 0.2) is 0 Å². The summed E-state index contributed by atoms with van der Waals surface area (Å²) in [5, 5.41) is -0.367. The Kier molecular flexibility index (Phi) is 17.1. The van der Waals surface area contributed by atoms with Gasteiger partial charge in [-0.05, 0) is 56.1 Å². The third kappa shape index (κ3) is 8.96. The number of hydrogen-bond acceptors (Lipinski definition) is 1. The average molecular weight is 825 g/mol. The zero-order valence-corrected chi connectivity index (χ0v) is 38.0. The Hall–Kier alpha value is -4.14. The standard InChI is InChI=1S/C44H12B25N/c1-5-13(47)19(22-34(59)39(64)41(66)40(65)35(22)60)28(53)15(49)8-70(9-16(50)30(55)29(54)14(48)6-2)17-7-12-18(32(57)31(17)56)20-24(37(62)38(63)33(20)58)44(12)25(43(68)69)21(26(51)10(3)45)23(42(44)67)36(61)27(52)11(4)46/h1-2,7,24H,3-4,8-9H2/b19-13+,26-21+,28-15-,29-14-,30-16-,36-27-. The molecule has 3 aliphatic carbocycles. The van der Waals surface area contributed by atoms with Gasteiger partial charge in [0.1, 0.15) is 180 Å². The molecule has 0 bridgehead atoms. The molecule has 2 atom stereocenters. The monoisotopic (exact) mass is 829 g/mol. The van der Waals surface area contributed by atoms with E-state index >= 15 is 0 Å². The molecule has 0 fully saturated rings. The van der Waals surface area contributed by atoms with E-state index in [9.17, 15) is 0 Å². The van der Waals surface area contributed by atoms with Gasteiger partial charge in [0.2, 0.25) is 0 Å². The van der Waals surface area contributed by atoms with Gasteiger partial charge in [-0.25, -0.2) is 0 Å². The maximum absolute atomic E-state index is 7.41. The lowest BCUT2D eigenvalue weighted by Crippen LogP contribution is -2.56. The number of fused-ring (bicyclic) bond motifs is 5. The first-order valence-corrected chi connectivity index (χ1v) is 20.3. The Morgan fingerprint density at radius 1 is 0.586 bits per heavy atom. The molecule has 0 amide bonds. The number of anilines is 1. The fourth-order valence-corrected chi connectivity index (χ4v) is 8.95. The third-order valence-electron chi connectivity index (χ3n) is 12.5. The highest BCUT2D eigenvalue weighted by atomic mass is 15.1. The summed E-state index contributed by atoms with van der Waals surface area (Å²) >= 11 is 0. The molecule has 0 N–H and O–H groups in total. The third-order valence-corrected chi connectivity index (χ3v) is 12.5. The smallest absolute Gasteiger partial charge is 0.127 e. The van der Waals surface area contributed by atoms with E-state index in [-0.39, 0.29) is 181 Å². The molecule has 2 aromatic rings.